The van der Waals surface area contributed by atoms with E-state index in [1.54, 1.807) is 11.3 Å². The molecule has 1 fully saturated rings. The third-order valence-electron chi connectivity index (χ3n) is 5.40. The summed E-state index contributed by atoms with van der Waals surface area (Å²) in [5, 5.41) is 12.4. The van der Waals surface area contributed by atoms with Crippen LogP contribution in [0.5, 0.6) is 0 Å². The van der Waals surface area contributed by atoms with Crippen molar-refractivity contribution in [2.75, 3.05) is 0 Å². The number of hydrogen-bond acceptors (Lipinski definition) is 4. The first kappa shape index (κ1) is 16.0. The van der Waals surface area contributed by atoms with Gasteiger partial charge in [0, 0.05) is 6.04 Å². The zero-order valence-corrected chi connectivity index (χ0v) is 15.2. The number of thiophene rings is 1. The van der Waals surface area contributed by atoms with Gasteiger partial charge in [0.25, 0.3) is 0 Å². The molecule has 1 atom stereocenters. The fourth-order valence-electron chi connectivity index (χ4n) is 4.26. The number of aliphatic hydroxyl groups excluding tert-OH is 1. The molecule has 1 unspecified atom stereocenters. The predicted molar refractivity (Wildman–Crippen MR) is 99.4 cm³/mol. The minimum absolute atomic E-state index is 0.445. The number of nitrogens with zero attached hydrogens (tertiary/aromatic N) is 3. The van der Waals surface area contributed by atoms with E-state index >= 15 is 0 Å². The summed E-state index contributed by atoms with van der Waals surface area (Å²) in [5.74, 6) is 1.67. The van der Waals surface area contributed by atoms with Gasteiger partial charge < -0.3 is 9.67 Å². The predicted octanol–water partition coefficient (Wildman–Crippen LogP) is 5.23. The first-order valence-electron chi connectivity index (χ1n) is 9.11. The quantitative estimate of drug-likeness (QED) is 0.705. The van der Waals surface area contributed by atoms with Gasteiger partial charge >= 0.3 is 0 Å². The first-order chi connectivity index (χ1) is 11.7. The van der Waals surface area contributed by atoms with E-state index in [0.717, 1.165) is 22.8 Å². The standard InChI is InChI=1S/C19H25N3OS/c1-3-4-13-5-7-14(8-6-13)22-17-16(21-19(22)12(2)23)11-20-15-9-10-24-18(15)17/h9-14,23H,3-8H2,1-2H3. The Balaban J connectivity index is 1.81. The van der Waals surface area contributed by atoms with Crippen molar-refractivity contribution in [3.63, 3.8) is 0 Å². The number of rotatable bonds is 4. The molecular weight excluding hydrogens is 318 g/mol. The van der Waals surface area contributed by atoms with Crippen molar-refractivity contribution < 1.29 is 5.11 Å². The average molecular weight is 343 g/mol. The van der Waals surface area contributed by atoms with Crippen LogP contribution in [0.15, 0.2) is 17.6 Å². The van der Waals surface area contributed by atoms with Gasteiger partial charge in [0.15, 0.2) is 0 Å². The van der Waals surface area contributed by atoms with E-state index in [9.17, 15) is 5.11 Å². The van der Waals surface area contributed by atoms with E-state index in [2.05, 4.69) is 27.9 Å². The van der Waals surface area contributed by atoms with Gasteiger partial charge in [0.05, 0.1) is 21.9 Å². The zero-order valence-electron chi connectivity index (χ0n) is 14.4. The van der Waals surface area contributed by atoms with Crippen molar-refractivity contribution in [1.29, 1.82) is 0 Å². The van der Waals surface area contributed by atoms with Gasteiger partial charge in [-0.15, -0.1) is 11.3 Å². The Morgan fingerprint density at radius 1 is 1.29 bits per heavy atom. The highest BCUT2D eigenvalue weighted by molar-refractivity contribution is 7.18. The second kappa shape index (κ2) is 6.45. The third-order valence-corrected chi connectivity index (χ3v) is 6.31. The molecule has 1 aliphatic rings. The molecule has 1 aliphatic carbocycles. The van der Waals surface area contributed by atoms with Crippen LogP contribution in [0.1, 0.15) is 70.3 Å². The molecule has 0 amide bonds. The summed E-state index contributed by atoms with van der Waals surface area (Å²) in [4.78, 5) is 9.25. The number of fused-ring (bicyclic) bond motifs is 3. The van der Waals surface area contributed by atoms with Gasteiger partial charge in [-0.25, -0.2) is 4.98 Å². The van der Waals surface area contributed by atoms with Crippen molar-refractivity contribution >= 4 is 32.6 Å². The monoisotopic (exact) mass is 343 g/mol. The second-order valence-electron chi connectivity index (χ2n) is 7.11. The molecule has 3 aromatic rings. The van der Waals surface area contributed by atoms with Crippen LogP contribution < -0.4 is 0 Å². The molecule has 4 rings (SSSR count). The Bertz CT molecular complexity index is 843. The van der Waals surface area contributed by atoms with E-state index < -0.39 is 6.10 Å². The molecule has 3 heterocycles. The van der Waals surface area contributed by atoms with Crippen LogP contribution in [-0.2, 0) is 0 Å². The summed E-state index contributed by atoms with van der Waals surface area (Å²) in [7, 11) is 0. The van der Waals surface area contributed by atoms with Gasteiger partial charge in [0.2, 0.25) is 0 Å². The summed E-state index contributed by atoms with van der Waals surface area (Å²) >= 11 is 1.72. The first-order valence-corrected chi connectivity index (χ1v) is 9.99. The molecule has 0 spiro atoms. The third kappa shape index (κ3) is 2.64. The fourth-order valence-corrected chi connectivity index (χ4v) is 5.15. The van der Waals surface area contributed by atoms with Crippen LogP contribution >= 0.6 is 11.3 Å². The Hall–Kier alpha value is -1.46. The lowest BCUT2D eigenvalue weighted by Gasteiger charge is -2.31. The van der Waals surface area contributed by atoms with E-state index in [1.165, 1.54) is 48.7 Å². The van der Waals surface area contributed by atoms with Gasteiger partial charge in [-0.3, -0.25) is 4.98 Å². The topological polar surface area (TPSA) is 50.9 Å². The number of aliphatic hydroxyl groups is 1. The SMILES string of the molecule is CCCC1CCC(n2c(C(C)O)nc3cnc4ccsc4c32)CC1. The second-order valence-corrected chi connectivity index (χ2v) is 8.02. The van der Waals surface area contributed by atoms with Crippen LogP contribution in [0.4, 0.5) is 0 Å². The van der Waals surface area contributed by atoms with Gasteiger partial charge in [-0.1, -0.05) is 19.8 Å². The average Bonchev–Trinajstić information content (AvgIpc) is 3.19. The Morgan fingerprint density at radius 2 is 2.08 bits per heavy atom. The molecule has 5 heteroatoms. The lowest BCUT2D eigenvalue weighted by molar-refractivity contribution is 0.174. The highest BCUT2D eigenvalue weighted by atomic mass is 32.1. The Labute approximate surface area is 146 Å². The maximum absolute atomic E-state index is 10.3. The smallest absolute Gasteiger partial charge is 0.138 e. The number of hydrogen-bond donors (Lipinski definition) is 1. The largest absolute Gasteiger partial charge is 0.385 e. The maximum Gasteiger partial charge on any atom is 0.138 e. The van der Waals surface area contributed by atoms with Crippen LogP contribution in [0.2, 0.25) is 0 Å². The molecule has 128 valence electrons. The van der Waals surface area contributed by atoms with Crippen LogP contribution in [0.3, 0.4) is 0 Å². The van der Waals surface area contributed by atoms with E-state index in [4.69, 9.17) is 4.98 Å². The number of pyridine rings is 1. The van der Waals surface area contributed by atoms with Crippen molar-refractivity contribution in [3.05, 3.63) is 23.5 Å². The van der Waals surface area contributed by atoms with Gasteiger partial charge in [-0.2, -0.15) is 0 Å². The van der Waals surface area contributed by atoms with Crippen molar-refractivity contribution in [2.45, 2.75) is 64.5 Å². The zero-order chi connectivity index (χ0) is 16.7. The molecule has 0 radical (unpaired) electrons. The lowest BCUT2D eigenvalue weighted by atomic mass is 9.83. The summed E-state index contributed by atoms with van der Waals surface area (Å²) in [6.45, 7) is 4.10. The molecule has 3 aromatic heterocycles. The number of aromatic nitrogens is 3. The summed E-state index contributed by atoms with van der Waals surface area (Å²) in [6.07, 6.45) is 8.88. The molecular formula is C19H25N3OS. The molecule has 1 N–H and O–H groups in total. The minimum Gasteiger partial charge on any atom is -0.385 e. The van der Waals surface area contributed by atoms with Crippen molar-refractivity contribution in [2.24, 2.45) is 5.92 Å². The molecule has 0 saturated heterocycles. The van der Waals surface area contributed by atoms with Gasteiger partial charge in [0.1, 0.15) is 17.4 Å². The summed E-state index contributed by atoms with van der Waals surface area (Å²) in [5.41, 5.74) is 3.12. The molecule has 1 saturated carbocycles. The summed E-state index contributed by atoms with van der Waals surface area (Å²) < 4.78 is 3.53. The molecule has 0 aliphatic heterocycles. The Morgan fingerprint density at radius 3 is 2.79 bits per heavy atom. The minimum atomic E-state index is -0.555. The highest BCUT2D eigenvalue weighted by Gasteiger charge is 2.27. The van der Waals surface area contributed by atoms with Crippen LogP contribution in [0, 0.1) is 5.92 Å². The maximum atomic E-state index is 10.3. The van der Waals surface area contributed by atoms with Gasteiger partial charge in [-0.05, 0) is 50.0 Å². The van der Waals surface area contributed by atoms with E-state index in [0.29, 0.717) is 6.04 Å². The molecule has 4 nitrogen and oxygen atoms in total. The number of imidazole rings is 1. The fraction of sp³-hybridized carbons (Fsp3) is 0.579. The molecule has 24 heavy (non-hydrogen) atoms. The summed E-state index contributed by atoms with van der Waals surface area (Å²) in [6, 6.07) is 2.51. The van der Waals surface area contributed by atoms with Crippen molar-refractivity contribution in [1.82, 2.24) is 14.5 Å². The normalized spacial score (nSPS) is 23.1. The van der Waals surface area contributed by atoms with Crippen LogP contribution in [-0.4, -0.2) is 19.6 Å². The van der Waals surface area contributed by atoms with Crippen LogP contribution in [0.25, 0.3) is 21.3 Å². The highest BCUT2D eigenvalue weighted by Crippen LogP contribution is 2.40. The molecule has 0 aromatic carbocycles. The molecule has 0 bridgehead atoms. The Kier molecular flexibility index (Phi) is 4.31. The lowest BCUT2D eigenvalue weighted by Crippen LogP contribution is -2.20. The van der Waals surface area contributed by atoms with E-state index in [1.807, 2.05) is 13.1 Å². The van der Waals surface area contributed by atoms with Crippen molar-refractivity contribution in [3.8, 4) is 0 Å². The van der Waals surface area contributed by atoms with E-state index in [-0.39, 0.29) is 0 Å².